The number of fused-ring (bicyclic) bond motifs is 2. The highest BCUT2D eigenvalue weighted by molar-refractivity contribution is 5.94. The van der Waals surface area contributed by atoms with Gasteiger partial charge in [0.1, 0.15) is 12.4 Å². The third kappa shape index (κ3) is 4.15. The van der Waals surface area contributed by atoms with E-state index in [1.165, 1.54) is 0 Å². The van der Waals surface area contributed by atoms with E-state index < -0.39 is 5.91 Å². The lowest BCUT2D eigenvalue weighted by atomic mass is 9.95. The molecule has 170 valence electrons. The van der Waals surface area contributed by atoms with Gasteiger partial charge in [0.15, 0.2) is 0 Å². The smallest absolute Gasteiger partial charge is 0.274 e. The second-order valence-corrected chi connectivity index (χ2v) is 8.37. The predicted octanol–water partition coefficient (Wildman–Crippen LogP) is 3.24. The quantitative estimate of drug-likeness (QED) is 0.472. The van der Waals surface area contributed by atoms with E-state index in [1.807, 2.05) is 35.2 Å². The molecule has 0 aliphatic carbocycles. The van der Waals surface area contributed by atoms with Crippen LogP contribution in [0.1, 0.15) is 40.4 Å². The van der Waals surface area contributed by atoms with Crippen molar-refractivity contribution in [2.24, 2.45) is 5.92 Å². The number of pyridine rings is 1. The number of rotatable bonds is 3. The van der Waals surface area contributed by atoms with Gasteiger partial charge in [0.2, 0.25) is 5.91 Å². The lowest BCUT2D eigenvalue weighted by molar-refractivity contribution is -0.142. The van der Waals surface area contributed by atoms with Gasteiger partial charge in [0, 0.05) is 47.4 Å². The molecule has 1 aromatic heterocycles. The average Bonchev–Trinajstić information content (AvgIpc) is 3.07. The van der Waals surface area contributed by atoms with Crippen LogP contribution in [0.2, 0.25) is 0 Å². The second kappa shape index (κ2) is 9.17. The van der Waals surface area contributed by atoms with Gasteiger partial charge in [-0.3, -0.25) is 19.8 Å². The summed E-state index contributed by atoms with van der Waals surface area (Å²) in [5, 5.41) is 9.99. The molecule has 0 unspecified atom stereocenters. The fraction of sp³-hybridized carbons (Fsp3) is 0.320. The minimum Gasteiger partial charge on any atom is -0.491 e. The van der Waals surface area contributed by atoms with E-state index in [1.54, 1.807) is 29.9 Å². The maximum absolute atomic E-state index is 13.8. The lowest BCUT2D eigenvalue weighted by Gasteiger charge is -2.34. The van der Waals surface area contributed by atoms with Gasteiger partial charge in [-0.05, 0) is 31.0 Å². The van der Waals surface area contributed by atoms with E-state index in [9.17, 15) is 9.59 Å². The Morgan fingerprint density at radius 2 is 1.91 bits per heavy atom. The zero-order valence-corrected chi connectivity index (χ0v) is 18.1. The number of hydroxylamine groups is 1. The first-order chi connectivity index (χ1) is 16.2. The number of aromatic nitrogens is 1. The highest BCUT2D eigenvalue weighted by Crippen LogP contribution is 2.36. The number of amides is 2. The van der Waals surface area contributed by atoms with Crippen LogP contribution in [0.15, 0.2) is 54.7 Å². The number of ether oxygens (including phenoxy) is 2. The van der Waals surface area contributed by atoms with Crippen molar-refractivity contribution in [3.8, 4) is 5.75 Å². The first kappa shape index (κ1) is 21.4. The minimum absolute atomic E-state index is 0.0739. The van der Waals surface area contributed by atoms with Crippen molar-refractivity contribution >= 4 is 22.7 Å². The Bertz CT molecular complexity index is 1190. The molecule has 1 atom stereocenters. The van der Waals surface area contributed by atoms with Gasteiger partial charge in [-0.2, -0.15) is 0 Å². The number of carbonyl (C=O) groups is 2. The van der Waals surface area contributed by atoms with E-state index in [4.69, 9.17) is 14.7 Å². The van der Waals surface area contributed by atoms with Crippen molar-refractivity contribution in [1.82, 2.24) is 15.4 Å². The van der Waals surface area contributed by atoms with Crippen LogP contribution in [0, 0.1) is 5.92 Å². The molecular formula is C25H25N3O5. The molecule has 3 heterocycles. The Kier molecular flexibility index (Phi) is 5.93. The summed E-state index contributed by atoms with van der Waals surface area (Å²) >= 11 is 0. The molecule has 0 saturated carbocycles. The molecule has 0 spiro atoms. The Morgan fingerprint density at radius 1 is 1.09 bits per heavy atom. The molecule has 1 fully saturated rings. The molecule has 5 rings (SSSR count). The number of hydrogen-bond acceptors (Lipinski definition) is 6. The topological polar surface area (TPSA) is 101 Å². The molecule has 0 radical (unpaired) electrons. The van der Waals surface area contributed by atoms with Crippen LogP contribution in [0.5, 0.6) is 5.75 Å². The maximum Gasteiger partial charge on any atom is 0.274 e. The summed E-state index contributed by atoms with van der Waals surface area (Å²) in [6, 6.07) is 14.5. The third-order valence-electron chi connectivity index (χ3n) is 6.42. The molecule has 2 aliphatic heterocycles. The number of para-hydroxylation sites is 1. The number of benzene rings is 2. The van der Waals surface area contributed by atoms with Gasteiger partial charge in [-0.15, -0.1) is 0 Å². The van der Waals surface area contributed by atoms with Crippen molar-refractivity contribution in [3.63, 3.8) is 0 Å². The molecular weight excluding hydrogens is 422 g/mol. The van der Waals surface area contributed by atoms with Crippen LogP contribution >= 0.6 is 0 Å². The summed E-state index contributed by atoms with van der Waals surface area (Å²) in [5.74, 6) is -0.123. The number of hydrogen-bond donors (Lipinski definition) is 2. The van der Waals surface area contributed by atoms with Crippen LogP contribution in [0.4, 0.5) is 0 Å². The molecule has 0 bridgehead atoms. The van der Waals surface area contributed by atoms with Crippen molar-refractivity contribution in [2.75, 3.05) is 19.8 Å². The summed E-state index contributed by atoms with van der Waals surface area (Å²) in [5.41, 5.74) is 4.50. The summed E-state index contributed by atoms with van der Waals surface area (Å²) in [6.45, 7) is 1.73. The standard InChI is InChI=1S/C25H25N3O5/c29-24(27-31)18-6-7-19-14-28(25(30)17-8-11-32-12-9-17)21(15-33-22(19)13-18)20-5-1-3-16-4-2-10-26-23(16)20/h1-7,10,13,17,21,31H,8-9,11-12,14-15H2,(H,27,29)/t21-/m1/s1. The number of nitrogens with zero attached hydrogens (tertiary/aromatic N) is 2. The van der Waals surface area contributed by atoms with Crippen LogP contribution in [-0.4, -0.2) is 46.7 Å². The Hall–Kier alpha value is -3.49. The summed E-state index contributed by atoms with van der Waals surface area (Å²) in [6.07, 6.45) is 3.14. The molecule has 3 aromatic rings. The van der Waals surface area contributed by atoms with Crippen molar-refractivity contribution < 1.29 is 24.3 Å². The van der Waals surface area contributed by atoms with E-state index in [0.717, 1.165) is 22.0 Å². The number of carbonyl (C=O) groups excluding carboxylic acids is 2. The molecule has 2 aliphatic rings. The van der Waals surface area contributed by atoms with Gasteiger partial charge >= 0.3 is 0 Å². The van der Waals surface area contributed by atoms with Gasteiger partial charge in [-0.1, -0.05) is 30.3 Å². The van der Waals surface area contributed by atoms with Gasteiger partial charge in [-0.25, -0.2) is 5.48 Å². The number of nitrogens with one attached hydrogen (secondary N) is 1. The van der Waals surface area contributed by atoms with E-state index in [-0.39, 0.29) is 30.0 Å². The Morgan fingerprint density at radius 3 is 2.73 bits per heavy atom. The fourth-order valence-electron chi connectivity index (χ4n) is 4.64. The largest absolute Gasteiger partial charge is 0.491 e. The van der Waals surface area contributed by atoms with Crippen LogP contribution < -0.4 is 10.2 Å². The molecule has 33 heavy (non-hydrogen) atoms. The van der Waals surface area contributed by atoms with E-state index in [0.29, 0.717) is 38.3 Å². The second-order valence-electron chi connectivity index (χ2n) is 8.37. The SMILES string of the molecule is O=C(NO)c1ccc2c(c1)OC[C@H](c1cccc3cccnc13)N(C(=O)C1CCOCC1)C2. The average molecular weight is 447 g/mol. The highest BCUT2D eigenvalue weighted by atomic mass is 16.5. The summed E-state index contributed by atoms with van der Waals surface area (Å²) in [7, 11) is 0. The predicted molar refractivity (Wildman–Crippen MR) is 120 cm³/mol. The minimum atomic E-state index is -0.615. The van der Waals surface area contributed by atoms with Crippen LogP contribution in [0.3, 0.4) is 0 Å². The molecule has 1 saturated heterocycles. The summed E-state index contributed by atoms with van der Waals surface area (Å²) < 4.78 is 11.6. The van der Waals surface area contributed by atoms with Gasteiger partial charge in [0.05, 0.1) is 18.1 Å². The first-order valence-electron chi connectivity index (χ1n) is 11.1. The van der Waals surface area contributed by atoms with Crippen molar-refractivity contribution in [2.45, 2.75) is 25.4 Å². The van der Waals surface area contributed by atoms with E-state index >= 15 is 0 Å². The molecule has 2 N–H and O–H groups in total. The summed E-state index contributed by atoms with van der Waals surface area (Å²) in [4.78, 5) is 32.1. The maximum atomic E-state index is 13.8. The highest BCUT2D eigenvalue weighted by Gasteiger charge is 2.35. The van der Waals surface area contributed by atoms with Crippen molar-refractivity contribution in [1.29, 1.82) is 0 Å². The fourth-order valence-corrected chi connectivity index (χ4v) is 4.64. The van der Waals surface area contributed by atoms with Crippen LogP contribution in [-0.2, 0) is 16.1 Å². The molecule has 8 heteroatoms. The molecule has 2 amide bonds. The Balaban J connectivity index is 1.57. The van der Waals surface area contributed by atoms with Gasteiger partial charge in [0.25, 0.3) is 5.91 Å². The normalized spacial score (nSPS) is 18.8. The van der Waals surface area contributed by atoms with Crippen LogP contribution in [0.25, 0.3) is 10.9 Å². The first-order valence-corrected chi connectivity index (χ1v) is 11.1. The molecule has 8 nitrogen and oxygen atoms in total. The lowest BCUT2D eigenvalue weighted by Crippen LogP contribution is -2.41. The third-order valence-corrected chi connectivity index (χ3v) is 6.42. The van der Waals surface area contributed by atoms with E-state index in [2.05, 4.69) is 4.98 Å². The molecule has 2 aromatic carbocycles. The monoisotopic (exact) mass is 447 g/mol. The van der Waals surface area contributed by atoms with Crippen molar-refractivity contribution in [3.05, 3.63) is 71.4 Å². The zero-order valence-electron chi connectivity index (χ0n) is 18.1. The zero-order chi connectivity index (χ0) is 22.8. The van der Waals surface area contributed by atoms with Gasteiger partial charge < -0.3 is 14.4 Å². The Labute approximate surface area is 191 Å².